The number of carbonyl (C=O) groups excluding carboxylic acids is 1. The van der Waals surface area contributed by atoms with Crippen LogP contribution in [0, 0.1) is 0 Å². The lowest BCUT2D eigenvalue weighted by molar-refractivity contribution is -0.117. The number of carbonyl (C=O) groups is 1. The molecule has 124 valence electrons. The lowest BCUT2D eigenvalue weighted by Gasteiger charge is -2.16. The number of methoxy groups -OCH3 is 1. The molecule has 0 fully saturated rings. The highest BCUT2D eigenvalue weighted by Gasteiger charge is 2.13. The molecule has 3 rings (SSSR count). The van der Waals surface area contributed by atoms with Gasteiger partial charge in [0.1, 0.15) is 5.75 Å². The zero-order chi connectivity index (χ0) is 16.9. The molecular weight excluding hydrogens is 306 g/mol. The van der Waals surface area contributed by atoms with E-state index in [0.717, 1.165) is 22.6 Å². The summed E-state index contributed by atoms with van der Waals surface area (Å²) in [6.07, 6.45) is 3.25. The summed E-state index contributed by atoms with van der Waals surface area (Å²) in [5, 5.41) is 2.93. The first-order valence-electron chi connectivity index (χ1n) is 7.68. The Morgan fingerprint density at radius 1 is 1.21 bits per heavy atom. The van der Waals surface area contributed by atoms with Crippen molar-refractivity contribution in [2.75, 3.05) is 13.9 Å². The Morgan fingerprint density at radius 3 is 2.83 bits per heavy atom. The third-order valence-electron chi connectivity index (χ3n) is 3.79. The van der Waals surface area contributed by atoms with Crippen molar-refractivity contribution in [3.63, 3.8) is 0 Å². The summed E-state index contributed by atoms with van der Waals surface area (Å²) in [6.45, 7) is 2.16. The quantitative estimate of drug-likeness (QED) is 0.857. The van der Waals surface area contributed by atoms with Crippen LogP contribution in [-0.4, -0.2) is 19.8 Å². The number of rotatable bonds is 5. The van der Waals surface area contributed by atoms with Gasteiger partial charge in [0.25, 0.3) is 0 Å². The number of fused-ring (bicyclic) bond motifs is 1. The average Bonchev–Trinajstić information content (AvgIpc) is 3.07. The van der Waals surface area contributed by atoms with Crippen LogP contribution in [0.15, 0.2) is 48.5 Å². The van der Waals surface area contributed by atoms with Crippen LogP contribution >= 0.6 is 0 Å². The van der Waals surface area contributed by atoms with E-state index in [1.165, 1.54) is 6.08 Å². The van der Waals surface area contributed by atoms with Gasteiger partial charge in [-0.05, 0) is 36.8 Å². The summed E-state index contributed by atoms with van der Waals surface area (Å²) >= 11 is 0. The topological polar surface area (TPSA) is 56.8 Å². The predicted molar refractivity (Wildman–Crippen MR) is 91.2 cm³/mol. The van der Waals surface area contributed by atoms with Crippen LogP contribution in [0.3, 0.4) is 0 Å². The summed E-state index contributed by atoms with van der Waals surface area (Å²) in [7, 11) is 1.62. The van der Waals surface area contributed by atoms with Gasteiger partial charge in [0.2, 0.25) is 12.7 Å². The van der Waals surface area contributed by atoms with Crippen molar-refractivity contribution in [1.82, 2.24) is 5.32 Å². The van der Waals surface area contributed by atoms with Crippen LogP contribution in [0.4, 0.5) is 0 Å². The SMILES string of the molecule is COc1ccccc1[C@@H](C)NC(=O)/C=C/c1ccc2c(c1)OCO2. The fraction of sp³-hybridized carbons (Fsp3) is 0.211. The van der Waals surface area contributed by atoms with Crippen LogP contribution in [0.5, 0.6) is 17.2 Å². The van der Waals surface area contributed by atoms with E-state index in [-0.39, 0.29) is 18.7 Å². The number of ether oxygens (including phenoxy) is 3. The average molecular weight is 325 g/mol. The minimum atomic E-state index is -0.175. The van der Waals surface area contributed by atoms with E-state index in [2.05, 4.69) is 5.32 Å². The maximum atomic E-state index is 12.1. The molecule has 0 saturated heterocycles. The van der Waals surface area contributed by atoms with Crippen molar-refractivity contribution in [3.05, 3.63) is 59.7 Å². The Morgan fingerprint density at radius 2 is 2.00 bits per heavy atom. The molecule has 1 atom stereocenters. The number of benzene rings is 2. The molecule has 1 N–H and O–H groups in total. The molecule has 0 aliphatic carbocycles. The van der Waals surface area contributed by atoms with E-state index in [1.807, 2.05) is 49.4 Å². The minimum absolute atomic E-state index is 0.157. The van der Waals surface area contributed by atoms with Crippen molar-refractivity contribution in [2.24, 2.45) is 0 Å². The minimum Gasteiger partial charge on any atom is -0.496 e. The molecule has 1 amide bonds. The van der Waals surface area contributed by atoms with Gasteiger partial charge in [0, 0.05) is 11.6 Å². The highest BCUT2D eigenvalue weighted by molar-refractivity contribution is 5.92. The van der Waals surface area contributed by atoms with Crippen molar-refractivity contribution in [3.8, 4) is 17.2 Å². The Balaban J connectivity index is 1.64. The molecule has 24 heavy (non-hydrogen) atoms. The Labute approximate surface area is 140 Å². The normalized spacial score (nSPS) is 13.8. The Hall–Kier alpha value is -2.95. The first kappa shape index (κ1) is 15.9. The van der Waals surface area contributed by atoms with E-state index in [1.54, 1.807) is 13.2 Å². The summed E-state index contributed by atoms with van der Waals surface area (Å²) in [4.78, 5) is 12.1. The van der Waals surface area contributed by atoms with E-state index in [4.69, 9.17) is 14.2 Å². The molecule has 0 aromatic heterocycles. The molecule has 1 heterocycles. The standard InChI is InChI=1S/C19H19NO4/c1-13(15-5-3-4-6-16(15)22-2)20-19(21)10-8-14-7-9-17-18(11-14)24-12-23-17/h3-11,13H,12H2,1-2H3,(H,20,21)/b10-8+/t13-/m1/s1. The lowest BCUT2D eigenvalue weighted by atomic mass is 10.1. The maximum Gasteiger partial charge on any atom is 0.244 e. The van der Waals surface area contributed by atoms with Gasteiger partial charge in [-0.3, -0.25) is 4.79 Å². The van der Waals surface area contributed by atoms with Crippen LogP contribution in [-0.2, 0) is 4.79 Å². The second-order valence-electron chi connectivity index (χ2n) is 5.42. The fourth-order valence-corrected chi connectivity index (χ4v) is 2.55. The van der Waals surface area contributed by atoms with Gasteiger partial charge in [-0.1, -0.05) is 24.3 Å². The van der Waals surface area contributed by atoms with E-state index in [9.17, 15) is 4.79 Å². The Kier molecular flexibility index (Phi) is 4.70. The summed E-state index contributed by atoms with van der Waals surface area (Å²) in [5.74, 6) is 2.00. The van der Waals surface area contributed by atoms with Gasteiger partial charge < -0.3 is 19.5 Å². The van der Waals surface area contributed by atoms with Gasteiger partial charge in [0.05, 0.1) is 13.2 Å². The van der Waals surface area contributed by atoms with Crippen LogP contribution in [0.25, 0.3) is 6.08 Å². The molecule has 0 radical (unpaired) electrons. The van der Waals surface area contributed by atoms with Crippen LogP contribution < -0.4 is 19.5 Å². The highest BCUT2D eigenvalue weighted by Crippen LogP contribution is 2.32. The number of hydrogen-bond donors (Lipinski definition) is 1. The molecule has 0 bridgehead atoms. The second-order valence-corrected chi connectivity index (χ2v) is 5.42. The third-order valence-corrected chi connectivity index (χ3v) is 3.79. The highest BCUT2D eigenvalue weighted by atomic mass is 16.7. The molecule has 5 nitrogen and oxygen atoms in total. The third kappa shape index (κ3) is 3.51. The van der Waals surface area contributed by atoms with Crippen molar-refractivity contribution in [2.45, 2.75) is 13.0 Å². The van der Waals surface area contributed by atoms with Gasteiger partial charge in [-0.15, -0.1) is 0 Å². The summed E-state index contributed by atoms with van der Waals surface area (Å²) < 4.78 is 15.9. The van der Waals surface area contributed by atoms with Crippen molar-refractivity contribution < 1.29 is 19.0 Å². The monoisotopic (exact) mass is 325 g/mol. The van der Waals surface area contributed by atoms with Gasteiger partial charge in [-0.2, -0.15) is 0 Å². The molecule has 2 aromatic carbocycles. The lowest BCUT2D eigenvalue weighted by Crippen LogP contribution is -2.24. The molecule has 0 saturated carbocycles. The molecule has 0 spiro atoms. The van der Waals surface area contributed by atoms with E-state index >= 15 is 0 Å². The van der Waals surface area contributed by atoms with Crippen molar-refractivity contribution >= 4 is 12.0 Å². The van der Waals surface area contributed by atoms with Crippen LogP contribution in [0.2, 0.25) is 0 Å². The van der Waals surface area contributed by atoms with E-state index < -0.39 is 0 Å². The zero-order valence-corrected chi connectivity index (χ0v) is 13.6. The molecular formula is C19H19NO4. The molecule has 0 unspecified atom stereocenters. The predicted octanol–water partition coefficient (Wildman–Crippen LogP) is 3.31. The largest absolute Gasteiger partial charge is 0.496 e. The maximum absolute atomic E-state index is 12.1. The van der Waals surface area contributed by atoms with E-state index in [0.29, 0.717) is 5.75 Å². The smallest absolute Gasteiger partial charge is 0.244 e. The first-order valence-corrected chi connectivity index (χ1v) is 7.68. The molecule has 1 aliphatic heterocycles. The number of amides is 1. The fourth-order valence-electron chi connectivity index (χ4n) is 2.55. The zero-order valence-electron chi connectivity index (χ0n) is 13.6. The molecule has 1 aliphatic rings. The summed E-state index contributed by atoms with van der Waals surface area (Å²) in [6, 6.07) is 13.0. The molecule has 5 heteroatoms. The number of hydrogen-bond acceptors (Lipinski definition) is 4. The van der Waals surface area contributed by atoms with Gasteiger partial charge >= 0.3 is 0 Å². The second kappa shape index (κ2) is 7.08. The van der Waals surface area contributed by atoms with Crippen molar-refractivity contribution in [1.29, 1.82) is 0 Å². The number of para-hydroxylation sites is 1. The van der Waals surface area contributed by atoms with Gasteiger partial charge in [-0.25, -0.2) is 0 Å². The summed E-state index contributed by atoms with van der Waals surface area (Å²) in [5.41, 5.74) is 1.81. The molecule has 2 aromatic rings. The van der Waals surface area contributed by atoms with Gasteiger partial charge in [0.15, 0.2) is 11.5 Å². The van der Waals surface area contributed by atoms with Crippen LogP contribution in [0.1, 0.15) is 24.1 Å². The Bertz CT molecular complexity index is 770. The first-order chi connectivity index (χ1) is 11.7. The number of nitrogens with one attached hydrogen (secondary N) is 1.